The molecule has 1 aliphatic heterocycles. The topological polar surface area (TPSA) is 68.4 Å². The van der Waals surface area contributed by atoms with Gasteiger partial charge >= 0.3 is 0 Å². The van der Waals surface area contributed by atoms with Crippen LogP contribution in [0, 0.1) is 0 Å². The van der Waals surface area contributed by atoms with Gasteiger partial charge in [-0.1, -0.05) is 5.16 Å². The number of rotatable bonds is 5. The Balaban J connectivity index is 1.86. The van der Waals surface area contributed by atoms with Crippen LogP contribution in [0.4, 0.5) is 0 Å². The van der Waals surface area contributed by atoms with Crippen LogP contribution in [0.2, 0.25) is 0 Å². The van der Waals surface area contributed by atoms with Crippen LogP contribution < -0.4 is 0 Å². The summed E-state index contributed by atoms with van der Waals surface area (Å²) in [5, 5.41) is 12.5. The van der Waals surface area contributed by atoms with Gasteiger partial charge in [0.2, 0.25) is 11.7 Å². The van der Waals surface area contributed by atoms with E-state index in [4.69, 9.17) is 14.4 Å². The summed E-state index contributed by atoms with van der Waals surface area (Å²) in [4.78, 5) is 4.28. The molecule has 1 N–H and O–H groups in total. The summed E-state index contributed by atoms with van der Waals surface area (Å²) in [5.74, 6) is 1.32. The lowest BCUT2D eigenvalue weighted by atomic mass is 10.2. The number of aryl methyl sites for hydroxylation is 1. The number of aromatic nitrogens is 2. The molecule has 0 radical (unpaired) electrons. The molecule has 15 heavy (non-hydrogen) atoms. The van der Waals surface area contributed by atoms with Gasteiger partial charge in [-0.2, -0.15) is 4.98 Å². The molecular formula is C10H16N2O3. The highest BCUT2D eigenvalue weighted by Gasteiger charge is 2.22. The maximum atomic E-state index is 8.64. The van der Waals surface area contributed by atoms with Crippen LogP contribution in [0.25, 0.3) is 0 Å². The lowest BCUT2D eigenvalue weighted by molar-refractivity contribution is 0.103. The number of hydrogen-bond acceptors (Lipinski definition) is 5. The molecule has 2 heterocycles. The molecule has 0 aromatic carbocycles. The number of aliphatic hydroxyl groups excluding tert-OH is 1. The third kappa shape index (κ3) is 2.76. The molecule has 1 aromatic rings. The molecule has 0 saturated carbocycles. The fourth-order valence-corrected chi connectivity index (χ4v) is 1.67. The van der Waals surface area contributed by atoms with Crippen molar-refractivity contribution in [1.82, 2.24) is 10.1 Å². The van der Waals surface area contributed by atoms with Gasteiger partial charge in [0.05, 0.1) is 0 Å². The third-order valence-corrected chi connectivity index (χ3v) is 2.50. The average Bonchev–Trinajstić information content (AvgIpc) is 2.87. The Bertz CT molecular complexity index is 295. The molecule has 1 unspecified atom stereocenters. The zero-order valence-electron chi connectivity index (χ0n) is 8.69. The summed E-state index contributed by atoms with van der Waals surface area (Å²) in [5.41, 5.74) is 0. The summed E-state index contributed by atoms with van der Waals surface area (Å²) in [6, 6.07) is 0. The van der Waals surface area contributed by atoms with Gasteiger partial charge in [-0.05, 0) is 25.7 Å². The van der Waals surface area contributed by atoms with Crippen molar-refractivity contribution in [3.8, 4) is 0 Å². The zero-order chi connectivity index (χ0) is 10.5. The molecule has 5 nitrogen and oxygen atoms in total. The first kappa shape index (κ1) is 10.6. The van der Waals surface area contributed by atoms with Gasteiger partial charge in [0, 0.05) is 19.6 Å². The van der Waals surface area contributed by atoms with Crippen molar-refractivity contribution in [2.24, 2.45) is 0 Å². The Morgan fingerprint density at radius 2 is 2.33 bits per heavy atom. The molecule has 5 heteroatoms. The van der Waals surface area contributed by atoms with Gasteiger partial charge in [-0.3, -0.25) is 0 Å². The Morgan fingerprint density at radius 1 is 1.40 bits per heavy atom. The second-order valence-corrected chi connectivity index (χ2v) is 3.73. The second kappa shape index (κ2) is 5.23. The van der Waals surface area contributed by atoms with Gasteiger partial charge in [0.15, 0.2) is 0 Å². The highest BCUT2D eigenvalue weighted by atomic mass is 16.5. The summed E-state index contributed by atoms with van der Waals surface area (Å²) in [6.07, 6.45) is 4.47. The average molecular weight is 212 g/mol. The maximum Gasteiger partial charge on any atom is 0.226 e. The van der Waals surface area contributed by atoms with E-state index in [2.05, 4.69) is 10.1 Å². The van der Waals surface area contributed by atoms with Gasteiger partial charge < -0.3 is 14.4 Å². The standard InChI is InChI=1S/C10H16N2O3/c13-6-2-1-5-9-11-10(12-15-9)8-4-3-7-14-8/h8,13H,1-7H2. The van der Waals surface area contributed by atoms with Crippen LogP contribution in [-0.4, -0.2) is 28.5 Å². The van der Waals surface area contributed by atoms with Crippen molar-refractivity contribution in [1.29, 1.82) is 0 Å². The molecule has 1 aliphatic rings. The minimum atomic E-state index is 0.0281. The molecule has 1 fully saturated rings. The lowest BCUT2D eigenvalue weighted by Crippen LogP contribution is -1.98. The normalized spacial score (nSPS) is 21.0. The first-order chi connectivity index (χ1) is 7.40. The number of ether oxygens (including phenoxy) is 1. The predicted molar refractivity (Wildman–Crippen MR) is 52.2 cm³/mol. The molecular weight excluding hydrogens is 196 g/mol. The SMILES string of the molecule is OCCCCc1nc(C2CCCO2)no1. The largest absolute Gasteiger partial charge is 0.396 e. The third-order valence-electron chi connectivity index (χ3n) is 2.50. The number of nitrogens with zero attached hydrogens (tertiary/aromatic N) is 2. The van der Waals surface area contributed by atoms with E-state index in [1.165, 1.54) is 0 Å². The van der Waals surface area contributed by atoms with Gasteiger partial charge in [0.25, 0.3) is 0 Å². The fourth-order valence-electron chi connectivity index (χ4n) is 1.67. The van der Waals surface area contributed by atoms with Crippen LogP contribution in [0.5, 0.6) is 0 Å². The molecule has 1 aromatic heterocycles. The maximum absolute atomic E-state index is 8.64. The van der Waals surface area contributed by atoms with E-state index < -0.39 is 0 Å². The van der Waals surface area contributed by atoms with Gasteiger partial charge in [-0.15, -0.1) is 0 Å². The van der Waals surface area contributed by atoms with Crippen molar-refractivity contribution in [2.75, 3.05) is 13.2 Å². The Kier molecular flexibility index (Phi) is 3.69. The first-order valence-corrected chi connectivity index (χ1v) is 5.45. The van der Waals surface area contributed by atoms with E-state index in [1.54, 1.807) is 0 Å². The van der Waals surface area contributed by atoms with E-state index in [0.29, 0.717) is 11.7 Å². The van der Waals surface area contributed by atoms with Crippen LogP contribution >= 0.6 is 0 Å². The van der Waals surface area contributed by atoms with Crippen LogP contribution in [0.1, 0.15) is 43.5 Å². The van der Waals surface area contributed by atoms with Crippen LogP contribution in [-0.2, 0) is 11.2 Å². The highest BCUT2D eigenvalue weighted by molar-refractivity contribution is 4.93. The van der Waals surface area contributed by atoms with Crippen molar-refractivity contribution >= 4 is 0 Å². The minimum Gasteiger partial charge on any atom is -0.396 e. The molecule has 84 valence electrons. The lowest BCUT2D eigenvalue weighted by Gasteiger charge is -2.00. The highest BCUT2D eigenvalue weighted by Crippen LogP contribution is 2.26. The Morgan fingerprint density at radius 3 is 3.07 bits per heavy atom. The second-order valence-electron chi connectivity index (χ2n) is 3.73. The smallest absolute Gasteiger partial charge is 0.226 e. The number of aliphatic hydroxyl groups is 1. The van der Waals surface area contributed by atoms with Gasteiger partial charge in [-0.25, -0.2) is 0 Å². The van der Waals surface area contributed by atoms with Crippen molar-refractivity contribution < 1.29 is 14.4 Å². The predicted octanol–water partition coefficient (Wildman–Crippen LogP) is 1.24. The zero-order valence-corrected chi connectivity index (χ0v) is 8.69. The van der Waals surface area contributed by atoms with Crippen LogP contribution in [0.3, 0.4) is 0 Å². The van der Waals surface area contributed by atoms with Crippen molar-refractivity contribution in [2.45, 2.75) is 38.2 Å². The Labute approximate surface area is 88.4 Å². The van der Waals surface area contributed by atoms with Crippen molar-refractivity contribution in [3.63, 3.8) is 0 Å². The van der Waals surface area contributed by atoms with E-state index in [1.807, 2.05) is 0 Å². The number of hydrogen-bond donors (Lipinski definition) is 1. The molecule has 0 aliphatic carbocycles. The number of unbranched alkanes of at least 4 members (excludes halogenated alkanes) is 1. The molecule has 0 bridgehead atoms. The quantitative estimate of drug-likeness (QED) is 0.743. The summed E-state index contributed by atoms with van der Waals surface area (Å²) in [7, 11) is 0. The minimum absolute atomic E-state index is 0.0281. The van der Waals surface area contributed by atoms with E-state index in [0.717, 1.165) is 38.7 Å². The molecule has 2 rings (SSSR count). The van der Waals surface area contributed by atoms with E-state index in [-0.39, 0.29) is 12.7 Å². The van der Waals surface area contributed by atoms with Gasteiger partial charge in [0.1, 0.15) is 6.10 Å². The van der Waals surface area contributed by atoms with E-state index >= 15 is 0 Å². The summed E-state index contributed by atoms with van der Waals surface area (Å²) >= 11 is 0. The fraction of sp³-hybridized carbons (Fsp3) is 0.800. The molecule has 0 amide bonds. The first-order valence-electron chi connectivity index (χ1n) is 5.45. The van der Waals surface area contributed by atoms with Crippen LogP contribution in [0.15, 0.2) is 4.52 Å². The monoisotopic (exact) mass is 212 g/mol. The molecule has 0 spiro atoms. The van der Waals surface area contributed by atoms with Crippen molar-refractivity contribution in [3.05, 3.63) is 11.7 Å². The summed E-state index contributed by atoms with van der Waals surface area (Å²) in [6.45, 7) is 1.01. The molecule has 1 atom stereocenters. The molecule has 1 saturated heterocycles. The van der Waals surface area contributed by atoms with E-state index in [9.17, 15) is 0 Å². The Hall–Kier alpha value is -0.940. The summed E-state index contributed by atoms with van der Waals surface area (Å²) < 4.78 is 10.6.